The van der Waals surface area contributed by atoms with Crippen molar-refractivity contribution >= 4 is 0 Å². The second-order valence-electron chi connectivity index (χ2n) is 5.82. The first-order chi connectivity index (χ1) is 11.5. The summed E-state index contributed by atoms with van der Waals surface area (Å²) in [7, 11) is 0. The number of aliphatic hydroxyl groups is 2. The highest BCUT2D eigenvalue weighted by Gasteiger charge is 2.10. The first-order valence-electron chi connectivity index (χ1n) is 8.42. The fourth-order valence-electron chi connectivity index (χ4n) is 2.34. The van der Waals surface area contributed by atoms with Crippen LogP contribution in [-0.4, -0.2) is 22.8 Å². The second kappa shape index (κ2) is 8.71. The maximum absolute atomic E-state index is 9.52. The summed E-state index contributed by atoms with van der Waals surface area (Å²) in [6.07, 6.45) is -0.419. The predicted molar refractivity (Wildman–Crippen MR) is 94.3 cm³/mol. The Morgan fingerprint density at radius 1 is 0.708 bits per heavy atom. The zero-order valence-electron chi connectivity index (χ0n) is 14.5. The SMILES string of the molecule is CCC(O)Oc1ccc(C(C)c2ccc(OC(O)CC)cc2)cc1. The standard InChI is InChI=1S/C20H26O4/c1-4-19(21)23-17-10-6-15(7-11-17)14(3)16-8-12-18(13-9-16)24-20(22)5-2/h6-14,19-22H,4-5H2,1-3H3. The van der Waals surface area contributed by atoms with E-state index in [0.717, 1.165) is 11.1 Å². The Kier molecular flexibility index (Phi) is 6.64. The Balaban J connectivity index is 2.04. The van der Waals surface area contributed by atoms with Gasteiger partial charge < -0.3 is 19.7 Å². The van der Waals surface area contributed by atoms with Crippen LogP contribution in [-0.2, 0) is 0 Å². The molecule has 2 N–H and O–H groups in total. The van der Waals surface area contributed by atoms with E-state index in [9.17, 15) is 10.2 Å². The lowest BCUT2D eigenvalue weighted by atomic mass is 9.93. The molecule has 2 unspecified atom stereocenters. The van der Waals surface area contributed by atoms with Crippen LogP contribution in [0.5, 0.6) is 11.5 Å². The Labute approximate surface area is 143 Å². The Morgan fingerprint density at radius 3 is 1.33 bits per heavy atom. The van der Waals surface area contributed by atoms with Crippen LogP contribution >= 0.6 is 0 Å². The van der Waals surface area contributed by atoms with Gasteiger partial charge in [0.2, 0.25) is 0 Å². The number of ether oxygens (including phenoxy) is 2. The molecular weight excluding hydrogens is 304 g/mol. The molecule has 0 saturated carbocycles. The van der Waals surface area contributed by atoms with Crippen LogP contribution in [0.4, 0.5) is 0 Å². The van der Waals surface area contributed by atoms with E-state index in [1.165, 1.54) is 0 Å². The van der Waals surface area contributed by atoms with E-state index in [1.807, 2.05) is 62.4 Å². The molecule has 0 amide bonds. The molecule has 0 saturated heterocycles. The molecule has 0 fully saturated rings. The predicted octanol–water partition coefficient (Wildman–Crippen LogP) is 4.05. The highest BCUT2D eigenvalue weighted by atomic mass is 16.6. The second-order valence-corrected chi connectivity index (χ2v) is 5.82. The van der Waals surface area contributed by atoms with Crippen molar-refractivity contribution in [2.75, 3.05) is 0 Å². The van der Waals surface area contributed by atoms with Crippen LogP contribution in [0, 0.1) is 0 Å². The average molecular weight is 330 g/mol. The van der Waals surface area contributed by atoms with Crippen molar-refractivity contribution in [2.45, 2.75) is 52.1 Å². The van der Waals surface area contributed by atoms with Crippen LogP contribution < -0.4 is 9.47 Å². The van der Waals surface area contributed by atoms with Gasteiger partial charge >= 0.3 is 0 Å². The van der Waals surface area contributed by atoms with Crippen LogP contribution in [0.1, 0.15) is 50.7 Å². The number of benzene rings is 2. The minimum Gasteiger partial charge on any atom is -0.465 e. The largest absolute Gasteiger partial charge is 0.465 e. The van der Waals surface area contributed by atoms with Gasteiger partial charge in [-0.25, -0.2) is 0 Å². The van der Waals surface area contributed by atoms with Gasteiger partial charge in [0, 0.05) is 18.8 Å². The van der Waals surface area contributed by atoms with Gasteiger partial charge in [0.15, 0.2) is 12.6 Å². The molecule has 4 heteroatoms. The van der Waals surface area contributed by atoms with Crippen LogP contribution in [0.25, 0.3) is 0 Å². The van der Waals surface area contributed by atoms with Crippen LogP contribution in [0.3, 0.4) is 0 Å². The highest BCUT2D eigenvalue weighted by Crippen LogP contribution is 2.27. The molecule has 0 aliphatic carbocycles. The van der Waals surface area contributed by atoms with E-state index in [-0.39, 0.29) is 5.92 Å². The average Bonchev–Trinajstić information content (AvgIpc) is 2.62. The van der Waals surface area contributed by atoms with Crippen LogP contribution in [0.2, 0.25) is 0 Å². The van der Waals surface area contributed by atoms with Gasteiger partial charge in [0.25, 0.3) is 0 Å². The molecule has 4 nitrogen and oxygen atoms in total. The third-order valence-electron chi connectivity index (χ3n) is 4.00. The smallest absolute Gasteiger partial charge is 0.197 e. The fourth-order valence-corrected chi connectivity index (χ4v) is 2.34. The minimum atomic E-state index is -0.765. The molecule has 0 spiro atoms. The van der Waals surface area contributed by atoms with E-state index in [4.69, 9.17) is 9.47 Å². The summed E-state index contributed by atoms with van der Waals surface area (Å²) in [6, 6.07) is 15.5. The summed E-state index contributed by atoms with van der Waals surface area (Å²) < 4.78 is 10.8. The molecule has 2 aromatic rings. The molecule has 0 heterocycles. The van der Waals surface area contributed by atoms with Crippen molar-refractivity contribution in [3.63, 3.8) is 0 Å². The molecule has 0 bridgehead atoms. The highest BCUT2D eigenvalue weighted by molar-refractivity contribution is 5.37. The van der Waals surface area contributed by atoms with Gasteiger partial charge in [0.1, 0.15) is 11.5 Å². The van der Waals surface area contributed by atoms with Gasteiger partial charge in [-0.2, -0.15) is 0 Å². The summed E-state index contributed by atoms with van der Waals surface area (Å²) in [5.74, 6) is 1.55. The molecule has 130 valence electrons. The molecule has 0 aromatic heterocycles. The van der Waals surface area contributed by atoms with Gasteiger partial charge in [-0.1, -0.05) is 45.0 Å². The fraction of sp³-hybridized carbons (Fsp3) is 0.400. The van der Waals surface area contributed by atoms with Gasteiger partial charge in [0.05, 0.1) is 0 Å². The molecule has 0 radical (unpaired) electrons. The van der Waals surface area contributed by atoms with E-state index in [2.05, 4.69) is 6.92 Å². The number of aliphatic hydroxyl groups excluding tert-OH is 2. The van der Waals surface area contributed by atoms with Crippen LogP contribution in [0.15, 0.2) is 48.5 Å². The van der Waals surface area contributed by atoms with Crippen molar-refractivity contribution in [2.24, 2.45) is 0 Å². The molecular formula is C20H26O4. The Bertz CT molecular complexity index is 551. The maximum atomic E-state index is 9.52. The van der Waals surface area contributed by atoms with Crippen molar-refractivity contribution in [1.82, 2.24) is 0 Å². The Morgan fingerprint density at radius 2 is 1.04 bits per heavy atom. The molecule has 2 rings (SSSR count). The molecule has 2 atom stereocenters. The van der Waals surface area contributed by atoms with E-state index < -0.39 is 12.6 Å². The van der Waals surface area contributed by atoms with Crippen molar-refractivity contribution in [3.05, 3.63) is 59.7 Å². The minimum absolute atomic E-state index is 0.222. The first-order valence-corrected chi connectivity index (χ1v) is 8.42. The third kappa shape index (κ3) is 4.98. The monoisotopic (exact) mass is 330 g/mol. The molecule has 0 aliphatic rings. The summed E-state index contributed by atoms with van der Waals surface area (Å²) in [5.41, 5.74) is 2.33. The zero-order valence-corrected chi connectivity index (χ0v) is 14.5. The van der Waals surface area contributed by atoms with Gasteiger partial charge in [-0.05, 0) is 35.4 Å². The van der Waals surface area contributed by atoms with E-state index in [0.29, 0.717) is 24.3 Å². The summed E-state index contributed by atoms with van der Waals surface area (Å²) in [5, 5.41) is 19.0. The normalized spacial score (nSPS) is 14.7. The van der Waals surface area contributed by atoms with Crippen molar-refractivity contribution in [3.8, 4) is 11.5 Å². The van der Waals surface area contributed by atoms with Gasteiger partial charge in [-0.3, -0.25) is 0 Å². The van der Waals surface area contributed by atoms with Crippen molar-refractivity contribution < 1.29 is 19.7 Å². The van der Waals surface area contributed by atoms with Crippen molar-refractivity contribution in [1.29, 1.82) is 0 Å². The topological polar surface area (TPSA) is 58.9 Å². The third-order valence-corrected chi connectivity index (χ3v) is 4.00. The molecule has 2 aromatic carbocycles. The zero-order chi connectivity index (χ0) is 17.5. The summed E-state index contributed by atoms with van der Waals surface area (Å²) in [4.78, 5) is 0. The lowest BCUT2D eigenvalue weighted by molar-refractivity contribution is -0.0196. The number of rotatable bonds is 8. The quantitative estimate of drug-likeness (QED) is 0.717. The lowest BCUT2D eigenvalue weighted by Gasteiger charge is -2.16. The molecule has 24 heavy (non-hydrogen) atoms. The van der Waals surface area contributed by atoms with E-state index in [1.54, 1.807) is 0 Å². The number of hydrogen-bond acceptors (Lipinski definition) is 4. The van der Waals surface area contributed by atoms with Gasteiger partial charge in [-0.15, -0.1) is 0 Å². The molecule has 0 aliphatic heterocycles. The lowest BCUT2D eigenvalue weighted by Crippen LogP contribution is -2.13. The summed E-state index contributed by atoms with van der Waals surface area (Å²) >= 11 is 0. The first kappa shape index (κ1) is 18.3. The number of hydrogen-bond donors (Lipinski definition) is 2. The maximum Gasteiger partial charge on any atom is 0.197 e. The summed E-state index contributed by atoms with van der Waals surface area (Å²) in [6.45, 7) is 5.87. The van der Waals surface area contributed by atoms with E-state index >= 15 is 0 Å². The Hall–Kier alpha value is -2.04.